The maximum atomic E-state index is 12.8. The number of aromatic nitrogens is 4. The van der Waals surface area contributed by atoms with Crippen LogP contribution in [0.1, 0.15) is 40.9 Å². The lowest BCUT2D eigenvalue weighted by Gasteiger charge is -2.28. The average Bonchev–Trinajstić information content (AvgIpc) is 3.37. The molecule has 0 saturated carbocycles. The number of fused-ring (bicyclic) bond motifs is 3. The van der Waals surface area contributed by atoms with E-state index in [4.69, 9.17) is 5.73 Å². The van der Waals surface area contributed by atoms with Crippen molar-refractivity contribution in [3.8, 4) is 0 Å². The Morgan fingerprint density at radius 2 is 2.10 bits per heavy atom. The number of nitrogens with one attached hydrogen (secondary N) is 2. The topological polar surface area (TPSA) is 123 Å². The summed E-state index contributed by atoms with van der Waals surface area (Å²) in [4.78, 5) is 17.4. The van der Waals surface area contributed by atoms with Crippen LogP contribution >= 0.6 is 0 Å². The fourth-order valence-corrected chi connectivity index (χ4v) is 3.91. The standard InChI is InChI=1S/C22H23N7O2/c1-13-9-24-22(31)19-8-15-4-7-18(27-20(15)29(13)19)21(30)26-17-10-25-28(12-17)11-14-2-5-16(23)6-3-14/h2-8,10,12-13,22,24,31H,9,11,23H2,1H3,(H,26,30)/t13-,22?/m1/s1. The van der Waals surface area contributed by atoms with Gasteiger partial charge in [-0.05, 0) is 42.8 Å². The van der Waals surface area contributed by atoms with Crippen LogP contribution in [0.3, 0.4) is 0 Å². The Hall–Kier alpha value is -3.69. The van der Waals surface area contributed by atoms with Gasteiger partial charge in [-0.2, -0.15) is 5.10 Å². The number of nitrogens with two attached hydrogens (primary N) is 1. The second-order valence-corrected chi connectivity index (χ2v) is 7.83. The molecule has 4 heterocycles. The first-order chi connectivity index (χ1) is 15.0. The van der Waals surface area contributed by atoms with Crippen molar-refractivity contribution in [1.29, 1.82) is 0 Å². The van der Waals surface area contributed by atoms with Crippen molar-refractivity contribution in [3.05, 3.63) is 71.8 Å². The Morgan fingerprint density at radius 3 is 2.90 bits per heavy atom. The quantitative estimate of drug-likeness (QED) is 0.378. The van der Waals surface area contributed by atoms with Crippen molar-refractivity contribution in [2.24, 2.45) is 0 Å². The lowest BCUT2D eigenvalue weighted by Crippen LogP contribution is -2.35. The van der Waals surface area contributed by atoms with E-state index in [9.17, 15) is 9.90 Å². The minimum Gasteiger partial charge on any atom is -0.399 e. The monoisotopic (exact) mass is 417 g/mol. The summed E-state index contributed by atoms with van der Waals surface area (Å²) in [5, 5.41) is 21.3. The van der Waals surface area contributed by atoms with Crippen LogP contribution in [0, 0.1) is 0 Å². The summed E-state index contributed by atoms with van der Waals surface area (Å²) in [6.45, 7) is 3.25. The average molecular weight is 417 g/mol. The third-order valence-electron chi connectivity index (χ3n) is 5.49. The van der Waals surface area contributed by atoms with E-state index in [0.717, 1.165) is 16.6 Å². The number of carbonyl (C=O) groups is 1. The van der Waals surface area contributed by atoms with Gasteiger partial charge in [0.15, 0.2) is 0 Å². The van der Waals surface area contributed by atoms with E-state index in [0.29, 0.717) is 35.8 Å². The van der Waals surface area contributed by atoms with Gasteiger partial charge >= 0.3 is 0 Å². The summed E-state index contributed by atoms with van der Waals surface area (Å²) in [5.41, 5.74) is 9.83. The van der Waals surface area contributed by atoms with Crippen LogP contribution < -0.4 is 16.4 Å². The summed E-state index contributed by atoms with van der Waals surface area (Å²) in [5.74, 6) is -0.313. The number of nitrogen functional groups attached to an aromatic ring is 1. The van der Waals surface area contributed by atoms with E-state index in [1.54, 1.807) is 23.1 Å². The second kappa shape index (κ2) is 7.53. The Bertz CT molecular complexity index is 1260. The summed E-state index contributed by atoms with van der Waals surface area (Å²) < 4.78 is 3.73. The maximum Gasteiger partial charge on any atom is 0.274 e. The van der Waals surface area contributed by atoms with Crippen molar-refractivity contribution in [2.45, 2.75) is 25.7 Å². The molecule has 0 radical (unpaired) electrons. The van der Waals surface area contributed by atoms with Crippen LogP contribution in [0.4, 0.5) is 11.4 Å². The lowest BCUT2D eigenvalue weighted by molar-refractivity contribution is 0.102. The Labute approximate surface area is 178 Å². The van der Waals surface area contributed by atoms with E-state index in [-0.39, 0.29) is 11.9 Å². The van der Waals surface area contributed by atoms with E-state index in [1.165, 1.54) is 0 Å². The molecule has 0 saturated heterocycles. The Kier molecular flexibility index (Phi) is 4.68. The highest BCUT2D eigenvalue weighted by atomic mass is 16.3. The minimum atomic E-state index is -0.741. The second-order valence-electron chi connectivity index (χ2n) is 7.83. The van der Waals surface area contributed by atoms with Crippen LogP contribution in [0.25, 0.3) is 11.0 Å². The van der Waals surface area contributed by atoms with Crippen LogP contribution in [0.15, 0.2) is 54.9 Å². The van der Waals surface area contributed by atoms with E-state index >= 15 is 0 Å². The zero-order valence-corrected chi connectivity index (χ0v) is 17.0. The summed E-state index contributed by atoms with van der Waals surface area (Å²) in [7, 11) is 0. The van der Waals surface area contributed by atoms with Gasteiger partial charge in [0, 0.05) is 29.9 Å². The molecule has 9 nitrogen and oxygen atoms in total. The molecule has 0 spiro atoms. The molecule has 1 aliphatic rings. The number of anilines is 2. The first kappa shape index (κ1) is 19.3. The van der Waals surface area contributed by atoms with Crippen molar-refractivity contribution in [2.75, 3.05) is 17.6 Å². The fraction of sp³-hybridized carbons (Fsp3) is 0.227. The number of rotatable bonds is 4. The fourth-order valence-electron chi connectivity index (χ4n) is 3.91. The molecule has 3 aromatic heterocycles. The van der Waals surface area contributed by atoms with Crippen LogP contribution in [0.5, 0.6) is 0 Å². The molecule has 4 aromatic rings. The first-order valence-electron chi connectivity index (χ1n) is 10.1. The summed E-state index contributed by atoms with van der Waals surface area (Å²) in [6, 6.07) is 13.1. The predicted molar refractivity (Wildman–Crippen MR) is 118 cm³/mol. The van der Waals surface area contributed by atoms with Gasteiger partial charge in [-0.1, -0.05) is 12.1 Å². The Balaban J connectivity index is 1.35. The largest absolute Gasteiger partial charge is 0.399 e. The molecule has 31 heavy (non-hydrogen) atoms. The number of benzene rings is 1. The van der Waals surface area contributed by atoms with Crippen molar-refractivity contribution in [3.63, 3.8) is 0 Å². The molecule has 1 aromatic carbocycles. The number of carbonyl (C=O) groups excluding carboxylic acids is 1. The molecular formula is C22H23N7O2. The van der Waals surface area contributed by atoms with Gasteiger partial charge in [0.2, 0.25) is 0 Å². The summed E-state index contributed by atoms with van der Waals surface area (Å²) in [6.07, 6.45) is 2.64. The maximum absolute atomic E-state index is 12.8. The number of hydrogen-bond donors (Lipinski definition) is 4. The molecule has 9 heteroatoms. The number of aliphatic hydroxyl groups excluding tert-OH is 1. The van der Waals surface area contributed by atoms with Gasteiger partial charge in [0.1, 0.15) is 17.6 Å². The molecule has 0 aliphatic carbocycles. The summed E-state index contributed by atoms with van der Waals surface area (Å²) >= 11 is 0. The molecule has 2 atom stereocenters. The number of nitrogens with zero attached hydrogens (tertiary/aromatic N) is 4. The number of aliphatic hydroxyl groups is 1. The molecule has 5 rings (SSSR count). The van der Waals surface area contributed by atoms with Gasteiger partial charge in [0.25, 0.3) is 5.91 Å². The third-order valence-corrected chi connectivity index (χ3v) is 5.49. The molecule has 1 aliphatic heterocycles. The van der Waals surface area contributed by atoms with Crippen molar-refractivity contribution < 1.29 is 9.90 Å². The van der Waals surface area contributed by atoms with Gasteiger partial charge < -0.3 is 20.7 Å². The zero-order chi connectivity index (χ0) is 21.5. The molecular weight excluding hydrogens is 394 g/mol. The number of hydrogen-bond acceptors (Lipinski definition) is 6. The van der Waals surface area contributed by atoms with Crippen molar-refractivity contribution in [1.82, 2.24) is 24.6 Å². The van der Waals surface area contributed by atoms with Crippen LogP contribution in [-0.2, 0) is 6.54 Å². The molecule has 0 bridgehead atoms. The van der Waals surface area contributed by atoms with Crippen LogP contribution in [0.2, 0.25) is 0 Å². The number of pyridine rings is 1. The minimum absolute atomic E-state index is 0.119. The van der Waals surface area contributed by atoms with Gasteiger partial charge in [-0.15, -0.1) is 0 Å². The van der Waals surface area contributed by atoms with Crippen molar-refractivity contribution >= 4 is 28.3 Å². The van der Waals surface area contributed by atoms with Gasteiger partial charge in [0.05, 0.1) is 24.1 Å². The SMILES string of the molecule is C[C@@H]1CNC(O)c2cc3ccc(C(=O)Nc4cnn(Cc5ccc(N)cc5)c4)nc3n21. The highest BCUT2D eigenvalue weighted by Crippen LogP contribution is 2.29. The lowest BCUT2D eigenvalue weighted by atomic mass is 10.2. The smallest absolute Gasteiger partial charge is 0.274 e. The number of amides is 1. The predicted octanol–water partition coefficient (Wildman–Crippen LogP) is 2.27. The Morgan fingerprint density at radius 1 is 1.29 bits per heavy atom. The van der Waals surface area contributed by atoms with Gasteiger partial charge in [-0.3, -0.25) is 14.8 Å². The third kappa shape index (κ3) is 3.65. The molecule has 158 valence electrons. The van der Waals surface area contributed by atoms with E-state index in [1.807, 2.05) is 47.9 Å². The van der Waals surface area contributed by atoms with Gasteiger partial charge in [-0.25, -0.2) is 4.98 Å². The first-order valence-corrected chi connectivity index (χ1v) is 10.1. The normalized spacial score (nSPS) is 18.1. The highest BCUT2D eigenvalue weighted by molar-refractivity contribution is 6.03. The molecule has 1 unspecified atom stereocenters. The molecule has 1 amide bonds. The van der Waals surface area contributed by atoms with Crippen LogP contribution in [-0.4, -0.2) is 36.9 Å². The molecule has 5 N–H and O–H groups in total. The van der Waals surface area contributed by atoms with E-state index in [2.05, 4.69) is 20.7 Å². The molecule has 0 fully saturated rings. The highest BCUT2D eigenvalue weighted by Gasteiger charge is 2.26. The van der Waals surface area contributed by atoms with E-state index < -0.39 is 6.23 Å². The zero-order valence-electron chi connectivity index (χ0n) is 17.0.